The summed E-state index contributed by atoms with van der Waals surface area (Å²) in [7, 11) is -4.30. The number of aromatic hydroxyl groups is 1. The highest BCUT2D eigenvalue weighted by Gasteiger charge is 2.33. The van der Waals surface area contributed by atoms with Crippen LogP contribution in [0.5, 0.6) is 11.5 Å². The summed E-state index contributed by atoms with van der Waals surface area (Å²) in [4.78, 5) is 10.9. The number of sulfone groups is 1. The van der Waals surface area contributed by atoms with E-state index in [2.05, 4.69) is 4.74 Å². The first-order valence-electron chi connectivity index (χ1n) is 8.27. The lowest BCUT2D eigenvalue weighted by molar-refractivity contribution is -0.274. The summed E-state index contributed by atoms with van der Waals surface area (Å²) in [5.74, 6) is -2.63. The van der Waals surface area contributed by atoms with Crippen molar-refractivity contribution in [3.63, 3.8) is 0 Å². The molecule has 0 aliphatic rings. The van der Waals surface area contributed by atoms with E-state index < -0.39 is 44.6 Å². The molecule has 0 saturated heterocycles. The molecular weight excluding hydrogens is 413 g/mol. The molecule has 0 aliphatic carbocycles. The van der Waals surface area contributed by atoms with Gasteiger partial charge in [0.15, 0.2) is 0 Å². The molecule has 158 valence electrons. The van der Waals surface area contributed by atoms with Crippen molar-refractivity contribution in [2.75, 3.05) is 0 Å². The summed E-state index contributed by atoms with van der Waals surface area (Å²) in [5, 5.41) is 19.8. The average molecular weight is 432 g/mol. The standard InChI is InChI=1S/C19H19F3O6S/c1-10-14(9-13(18(2,3)4)16(23)15(10)17(24)25)29(26,27)12-7-5-11(6-8-12)28-19(20,21)22/h5-9,23H,1-4H3,(H,24,25). The van der Waals surface area contributed by atoms with Crippen LogP contribution >= 0.6 is 0 Å². The molecular formula is C19H19F3O6S. The van der Waals surface area contributed by atoms with Gasteiger partial charge in [-0.25, -0.2) is 13.2 Å². The van der Waals surface area contributed by atoms with Gasteiger partial charge in [-0.15, -0.1) is 13.2 Å². The Kier molecular flexibility index (Phi) is 5.64. The molecule has 0 fully saturated rings. The van der Waals surface area contributed by atoms with Gasteiger partial charge in [0, 0.05) is 5.56 Å². The Labute approximate surface area is 165 Å². The minimum atomic E-state index is -4.92. The van der Waals surface area contributed by atoms with Crippen LogP contribution in [0.4, 0.5) is 13.2 Å². The first-order chi connectivity index (χ1) is 13.1. The molecule has 29 heavy (non-hydrogen) atoms. The second-order valence-electron chi connectivity index (χ2n) is 7.35. The smallest absolute Gasteiger partial charge is 0.507 e. The van der Waals surface area contributed by atoms with Gasteiger partial charge in [0.25, 0.3) is 0 Å². The lowest BCUT2D eigenvalue weighted by atomic mass is 9.84. The maximum atomic E-state index is 13.1. The fraction of sp³-hybridized carbons (Fsp3) is 0.316. The van der Waals surface area contributed by atoms with Crippen LogP contribution in [0.1, 0.15) is 42.3 Å². The van der Waals surface area contributed by atoms with Crippen molar-refractivity contribution in [1.82, 2.24) is 0 Å². The van der Waals surface area contributed by atoms with E-state index in [0.29, 0.717) is 0 Å². The van der Waals surface area contributed by atoms with Gasteiger partial charge in [-0.3, -0.25) is 0 Å². The highest BCUT2D eigenvalue weighted by atomic mass is 32.2. The zero-order valence-corrected chi connectivity index (χ0v) is 16.8. The molecule has 2 N–H and O–H groups in total. The van der Waals surface area contributed by atoms with Gasteiger partial charge in [-0.1, -0.05) is 20.8 Å². The van der Waals surface area contributed by atoms with Crippen LogP contribution in [-0.2, 0) is 15.3 Å². The second kappa shape index (κ2) is 7.25. The highest BCUT2D eigenvalue weighted by Crippen LogP contribution is 2.39. The third-order valence-electron chi connectivity index (χ3n) is 4.19. The number of carbonyl (C=O) groups is 1. The van der Waals surface area contributed by atoms with Gasteiger partial charge in [-0.2, -0.15) is 0 Å². The van der Waals surface area contributed by atoms with Crippen molar-refractivity contribution in [2.45, 2.75) is 49.3 Å². The second-order valence-corrected chi connectivity index (χ2v) is 9.27. The molecule has 0 atom stereocenters. The molecule has 0 heterocycles. The normalized spacial score (nSPS) is 12.7. The molecule has 0 radical (unpaired) electrons. The summed E-state index contributed by atoms with van der Waals surface area (Å²) in [5.41, 5.74) is -1.40. The van der Waals surface area contributed by atoms with Crippen molar-refractivity contribution in [1.29, 1.82) is 0 Å². The predicted octanol–water partition coefficient (Wildman–Crippen LogP) is 4.43. The third-order valence-corrected chi connectivity index (χ3v) is 6.09. The van der Waals surface area contributed by atoms with E-state index in [1.165, 1.54) is 13.0 Å². The van der Waals surface area contributed by atoms with Crippen molar-refractivity contribution in [3.05, 3.63) is 47.0 Å². The van der Waals surface area contributed by atoms with Crippen molar-refractivity contribution in [2.24, 2.45) is 0 Å². The maximum absolute atomic E-state index is 13.1. The van der Waals surface area contributed by atoms with E-state index in [4.69, 9.17) is 0 Å². The number of carboxylic acids is 1. The minimum absolute atomic E-state index is 0.107. The molecule has 0 aromatic heterocycles. The lowest BCUT2D eigenvalue weighted by Gasteiger charge is -2.24. The number of aromatic carboxylic acids is 1. The molecule has 6 nitrogen and oxygen atoms in total. The molecule has 0 bridgehead atoms. The summed E-state index contributed by atoms with van der Waals surface area (Å²) >= 11 is 0. The fourth-order valence-corrected chi connectivity index (χ4v) is 4.33. The van der Waals surface area contributed by atoms with Crippen molar-refractivity contribution in [3.8, 4) is 11.5 Å². The van der Waals surface area contributed by atoms with Crippen LogP contribution in [0.15, 0.2) is 40.1 Å². The number of ether oxygens (including phenoxy) is 1. The molecule has 2 aromatic rings. The Hall–Kier alpha value is -2.75. The topological polar surface area (TPSA) is 101 Å². The van der Waals surface area contributed by atoms with Crippen LogP contribution in [0.3, 0.4) is 0 Å². The predicted molar refractivity (Wildman–Crippen MR) is 97.1 cm³/mol. The van der Waals surface area contributed by atoms with Crippen molar-refractivity contribution < 1.29 is 41.3 Å². The van der Waals surface area contributed by atoms with E-state index >= 15 is 0 Å². The number of hydrogen-bond acceptors (Lipinski definition) is 5. The van der Waals surface area contributed by atoms with Gasteiger partial charge < -0.3 is 14.9 Å². The monoisotopic (exact) mass is 432 g/mol. The van der Waals surface area contributed by atoms with Crippen LogP contribution < -0.4 is 4.74 Å². The summed E-state index contributed by atoms with van der Waals surface area (Å²) in [6.45, 7) is 6.25. The van der Waals surface area contributed by atoms with Crippen LogP contribution in [0, 0.1) is 6.92 Å². The minimum Gasteiger partial charge on any atom is -0.507 e. The number of phenols is 1. The Balaban J connectivity index is 2.69. The first kappa shape index (κ1) is 22.5. The lowest BCUT2D eigenvalue weighted by Crippen LogP contribution is -2.18. The van der Waals surface area contributed by atoms with Gasteiger partial charge in [-0.05, 0) is 48.2 Å². The number of halogens is 3. The van der Waals surface area contributed by atoms with E-state index in [9.17, 15) is 36.6 Å². The largest absolute Gasteiger partial charge is 0.573 e. The van der Waals surface area contributed by atoms with E-state index in [1.807, 2.05) is 0 Å². The summed E-state index contributed by atoms with van der Waals surface area (Å²) in [6.07, 6.45) is -4.92. The van der Waals surface area contributed by atoms with Crippen LogP contribution in [-0.4, -0.2) is 31.0 Å². The Morgan fingerprint density at radius 3 is 2.00 bits per heavy atom. The number of rotatable bonds is 4. The molecule has 0 aliphatic heterocycles. The van der Waals surface area contributed by atoms with Gasteiger partial charge in [0.05, 0.1) is 9.79 Å². The van der Waals surface area contributed by atoms with Gasteiger partial charge >= 0.3 is 12.3 Å². The highest BCUT2D eigenvalue weighted by molar-refractivity contribution is 7.91. The number of hydrogen-bond donors (Lipinski definition) is 2. The number of benzene rings is 2. The van der Waals surface area contributed by atoms with Gasteiger partial charge in [0.1, 0.15) is 17.1 Å². The molecule has 10 heteroatoms. The van der Waals surface area contributed by atoms with E-state index in [1.54, 1.807) is 20.8 Å². The molecule has 0 unspecified atom stereocenters. The zero-order valence-electron chi connectivity index (χ0n) is 16.0. The molecule has 2 rings (SSSR count). The van der Waals surface area contributed by atoms with Crippen LogP contribution in [0.25, 0.3) is 0 Å². The molecule has 2 aromatic carbocycles. The maximum Gasteiger partial charge on any atom is 0.573 e. The van der Waals surface area contributed by atoms with Crippen LogP contribution in [0.2, 0.25) is 0 Å². The molecule has 0 saturated carbocycles. The van der Waals surface area contributed by atoms with Crippen molar-refractivity contribution >= 4 is 15.8 Å². The number of carboxylic acid groups (broad SMARTS) is 1. The Bertz CT molecular complexity index is 1050. The van der Waals surface area contributed by atoms with E-state index in [0.717, 1.165) is 24.3 Å². The fourth-order valence-electron chi connectivity index (χ4n) is 2.80. The summed E-state index contributed by atoms with van der Waals surface area (Å²) in [6, 6.07) is 4.74. The van der Waals surface area contributed by atoms with E-state index in [-0.39, 0.29) is 20.9 Å². The summed E-state index contributed by atoms with van der Waals surface area (Å²) < 4.78 is 66.7. The average Bonchev–Trinajstić information content (AvgIpc) is 2.52. The number of alkyl halides is 3. The Morgan fingerprint density at radius 1 is 1.07 bits per heavy atom. The first-order valence-corrected chi connectivity index (χ1v) is 9.75. The third kappa shape index (κ3) is 4.64. The zero-order chi connectivity index (χ0) is 22.4. The molecule has 0 spiro atoms. The van der Waals surface area contributed by atoms with Gasteiger partial charge in [0.2, 0.25) is 9.84 Å². The molecule has 0 amide bonds. The Morgan fingerprint density at radius 2 is 1.59 bits per heavy atom. The quantitative estimate of drug-likeness (QED) is 0.741. The SMILES string of the molecule is Cc1c(S(=O)(=O)c2ccc(OC(F)(F)F)cc2)cc(C(C)(C)C)c(O)c1C(=O)O.